The van der Waals surface area contributed by atoms with Crippen LogP contribution in [0.15, 0.2) is 109 Å². The Labute approximate surface area is 383 Å². The number of esters is 2. The molecule has 0 rings (SSSR count). The van der Waals surface area contributed by atoms with Gasteiger partial charge in [-0.25, -0.2) is 0 Å². The predicted molar refractivity (Wildman–Crippen MR) is 269 cm³/mol. The molecule has 1 unspecified atom stereocenters. The smallest absolute Gasteiger partial charge is 0.306 e. The van der Waals surface area contributed by atoms with Gasteiger partial charge in [-0.15, -0.1) is 0 Å². The first kappa shape index (κ1) is 58.6. The van der Waals surface area contributed by atoms with Crippen molar-refractivity contribution in [3.63, 3.8) is 0 Å². The second-order valence-corrected chi connectivity index (χ2v) is 16.3. The number of allylic oxidation sites excluding steroid dienone is 18. The van der Waals surface area contributed by atoms with Gasteiger partial charge in [0.2, 0.25) is 0 Å². The van der Waals surface area contributed by atoms with Gasteiger partial charge in [-0.3, -0.25) is 9.59 Å². The van der Waals surface area contributed by atoms with Crippen LogP contribution in [-0.4, -0.2) is 37.9 Å². The Bertz CT molecular complexity index is 1250. The summed E-state index contributed by atoms with van der Waals surface area (Å²) in [6.45, 7) is 7.40. The maximum absolute atomic E-state index is 12.8. The molecule has 0 spiro atoms. The molecule has 0 aliphatic carbocycles. The molecule has 0 aliphatic rings. The van der Waals surface area contributed by atoms with E-state index in [1.807, 2.05) is 0 Å². The second kappa shape index (κ2) is 51.9. The average Bonchev–Trinajstić information content (AvgIpc) is 3.27. The first-order chi connectivity index (χ1) is 30.6. The number of carbonyl (C=O) groups is 2. The first-order valence-corrected chi connectivity index (χ1v) is 25.4. The second-order valence-electron chi connectivity index (χ2n) is 16.3. The Kier molecular flexibility index (Phi) is 49.0. The molecule has 0 heterocycles. The van der Waals surface area contributed by atoms with Crippen molar-refractivity contribution in [1.29, 1.82) is 0 Å². The summed E-state index contributed by atoms with van der Waals surface area (Å²) in [5.41, 5.74) is 0. The minimum absolute atomic E-state index is 0.0297. The molecule has 0 N–H and O–H groups in total. The van der Waals surface area contributed by atoms with Crippen LogP contribution >= 0.6 is 0 Å². The number of unbranched alkanes of at least 4 members (excludes halogenated alkanes) is 16. The molecular weight excluding hydrogens is 765 g/mol. The zero-order chi connectivity index (χ0) is 44.9. The van der Waals surface area contributed by atoms with Gasteiger partial charge in [0.15, 0.2) is 6.10 Å². The molecule has 0 saturated carbocycles. The molecule has 0 bridgehead atoms. The molecule has 0 aromatic rings. The van der Waals surface area contributed by atoms with Crippen LogP contribution in [0.2, 0.25) is 0 Å². The van der Waals surface area contributed by atoms with Gasteiger partial charge in [-0.2, -0.15) is 0 Å². The third kappa shape index (κ3) is 49.2. The molecule has 0 radical (unpaired) electrons. The van der Waals surface area contributed by atoms with E-state index >= 15 is 0 Å². The van der Waals surface area contributed by atoms with Crippen molar-refractivity contribution in [1.82, 2.24) is 0 Å². The number of carbonyl (C=O) groups excluding carboxylic acids is 2. The van der Waals surface area contributed by atoms with Gasteiger partial charge in [0.25, 0.3) is 0 Å². The molecular formula is C57H94O5. The highest BCUT2D eigenvalue weighted by atomic mass is 16.6. The molecule has 1 atom stereocenters. The molecule has 0 aromatic carbocycles. The molecule has 5 nitrogen and oxygen atoms in total. The minimum Gasteiger partial charge on any atom is -0.462 e. The molecule has 352 valence electrons. The quantitative estimate of drug-likeness (QED) is 0.0347. The maximum Gasteiger partial charge on any atom is 0.306 e. The van der Waals surface area contributed by atoms with E-state index in [4.69, 9.17) is 14.2 Å². The Balaban J connectivity index is 4.44. The standard InChI is InChI=1S/C57H94O5/c1-4-7-10-13-16-19-22-25-28-29-31-32-35-38-41-44-47-50-56(58)61-54-55(53-60-52-49-46-43-40-37-34-27-24-21-18-15-12-9-6-3)62-57(59)51-48-45-42-39-36-33-30-26-23-20-17-14-11-8-5-2/h7,9-10,12,16,18-19,21,25,27-28,31-32,34,38,40-41,43,55H,4-6,8,11,13-15,17,20,22-24,26,29-30,33,35-37,39,42,44-54H2,1-3H3/b10-7-,12-9-,19-16-,21-18-,28-25-,32-31-,34-27-,41-38-,43-40-. The fraction of sp³-hybridized carbons (Fsp3) is 0.649. The van der Waals surface area contributed by atoms with Crippen molar-refractivity contribution in [3.05, 3.63) is 109 Å². The van der Waals surface area contributed by atoms with Crippen LogP contribution in [0.5, 0.6) is 0 Å². The van der Waals surface area contributed by atoms with Gasteiger partial charge in [0, 0.05) is 19.4 Å². The van der Waals surface area contributed by atoms with Crippen LogP contribution in [0.1, 0.15) is 213 Å². The monoisotopic (exact) mass is 859 g/mol. The van der Waals surface area contributed by atoms with Crippen LogP contribution in [0, 0.1) is 0 Å². The zero-order valence-electron chi connectivity index (χ0n) is 40.3. The zero-order valence-corrected chi connectivity index (χ0v) is 40.3. The Morgan fingerprint density at radius 2 is 0.726 bits per heavy atom. The van der Waals surface area contributed by atoms with E-state index in [1.54, 1.807) is 0 Å². The van der Waals surface area contributed by atoms with Crippen molar-refractivity contribution in [2.45, 2.75) is 219 Å². The summed E-state index contributed by atoms with van der Waals surface area (Å²) >= 11 is 0. The topological polar surface area (TPSA) is 61.8 Å². The molecule has 0 amide bonds. The van der Waals surface area contributed by atoms with E-state index in [2.05, 4.69) is 130 Å². The molecule has 0 aliphatic heterocycles. The SMILES string of the molecule is CC/C=C\C/C=C\C/C=C\C/C=C\C/C=C\CCCC(=O)OCC(COCCC/C=C\C/C=C\C/C=C\C/C=C\CC)OC(=O)CCCCCCCCCCCCCCCCC. The van der Waals surface area contributed by atoms with Crippen LogP contribution in [0.25, 0.3) is 0 Å². The van der Waals surface area contributed by atoms with Crippen molar-refractivity contribution in [3.8, 4) is 0 Å². The Morgan fingerprint density at radius 1 is 0.371 bits per heavy atom. The lowest BCUT2D eigenvalue weighted by Crippen LogP contribution is -2.30. The highest BCUT2D eigenvalue weighted by Crippen LogP contribution is 2.14. The summed E-state index contributed by atoms with van der Waals surface area (Å²) < 4.78 is 17.3. The van der Waals surface area contributed by atoms with Gasteiger partial charge in [0.1, 0.15) is 6.61 Å². The summed E-state index contributed by atoms with van der Waals surface area (Å²) in [7, 11) is 0. The van der Waals surface area contributed by atoms with E-state index in [1.165, 1.54) is 77.0 Å². The van der Waals surface area contributed by atoms with Gasteiger partial charge in [-0.1, -0.05) is 220 Å². The van der Waals surface area contributed by atoms with Gasteiger partial charge in [0.05, 0.1) is 6.61 Å². The summed E-state index contributed by atoms with van der Waals surface area (Å²) in [5.74, 6) is -0.498. The highest BCUT2D eigenvalue weighted by molar-refractivity contribution is 5.70. The first-order valence-electron chi connectivity index (χ1n) is 25.4. The Hall–Kier alpha value is -3.44. The average molecular weight is 859 g/mol. The van der Waals surface area contributed by atoms with E-state index in [-0.39, 0.29) is 25.2 Å². The van der Waals surface area contributed by atoms with Crippen LogP contribution < -0.4 is 0 Å². The van der Waals surface area contributed by atoms with Gasteiger partial charge >= 0.3 is 11.9 Å². The molecule has 0 saturated heterocycles. The summed E-state index contributed by atoms with van der Waals surface area (Å²) in [6, 6.07) is 0. The fourth-order valence-electron chi connectivity index (χ4n) is 6.61. The number of hydrogen-bond acceptors (Lipinski definition) is 5. The number of hydrogen-bond donors (Lipinski definition) is 0. The lowest BCUT2D eigenvalue weighted by molar-refractivity contribution is -0.162. The number of rotatable bonds is 45. The summed E-state index contributed by atoms with van der Waals surface area (Å²) in [6.07, 6.45) is 71.1. The summed E-state index contributed by atoms with van der Waals surface area (Å²) in [5, 5.41) is 0. The van der Waals surface area contributed by atoms with Crippen molar-refractivity contribution in [2.24, 2.45) is 0 Å². The molecule has 0 aromatic heterocycles. The van der Waals surface area contributed by atoms with E-state index < -0.39 is 6.10 Å². The van der Waals surface area contributed by atoms with E-state index in [9.17, 15) is 9.59 Å². The van der Waals surface area contributed by atoms with Crippen molar-refractivity contribution >= 4 is 11.9 Å². The predicted octanol–water partition coefficient (Wildman–Crippen LogP) is 17.2. The van der Waals surface area contributed by atoms with E-state index in [0.29, 0.717) is 19.4 Å². The highest BCUT2D eigenvalue weighted by Gasteiger charge is 2.17. The lowest BCUT2D eigenvalue weighted by Gasteiger charge is -2.18. The third-order valence-electron chi connectivity index (χ3n) is 10.3. The maximum atomic E-state index is 12.8. The van der Waals surface area contributed by atoms with Crippen LogP contribution in [0.3, 0.4) is 0 Å². The molecule has 5 heteroatoms. The van der Waals surface area contributed by atoms with Crippen LogP contribution in [0.4, 0.5) is 0 Å². The van der Waals surface area contributed by atoms with Gasteiger partial charge in [-0.05, 0) is 89.9 Å². The molecule has 62 heavy (non-hydrogen) atoms. The van der Waals surface area contributed by atoms with Crippen LogP contribution in [-0.2, 0) is 23.8 Å². The molecule has 0 fully saturated rings. The van der Waals surface area contributed by atoms with Crippen molar-refractivity contribution < 1.29 is 23.8 Å². The minimum atomic E-state index is -0.592. The number of ether oxygens (including phenoxy) is 3. The van der Waals surface area contributed by atoms with Crippen molar-refractivity contribution in [2.75, 3.05) is 19.8 Å². The Morgan fingerprint density at radius 3 is 1.15 bits per heavy atom. The van der Waals surface area contributed by atoms with Gasteiger partial charge < -0.3 is 14.2 Å². The fourth-order valence-corrected chi connectivity index (χ4v) is 6.61. The normalized spacial score (nSPS) is 13.1. The largest absolute Gasteiger partial charge is 0.462 e. The lowest BCUT2D eigenvalue weighted by atomic mass is 10.0. The third-order valence-corrected chi connectivity index (χ3v) is 10.3. The van der Waals surface area contributed by atoms with E-state index in [0.717, 1.165) is 103 Å². The summed E-state index contributed by atoms with van der Waals surface area (Å²) in [4.78, 5) is 25.4.